The molecule has 48 heavy (non-hydrogen) atoms. The molecule has 4 aromatic heterocycles. The molecule has 2 amide bonds. The number of rotatable bonds is 8. The second-order valence-corrected chi connectivity index (χ2v) is 12.4. The molecule has 1 aliphatic heterocycles. The van der Waals surface area contributed by atoms with Gasteiger partial charge in [0.25, 0.3) is 5.91 Å². The Bertz CT molecular complexity index is 2130. The Kier molecular flexibility index (Phi) is 6.55. The molecule has 5 aromatic rings. The molecule has 15 heteroatoms. The molecule has 8 rings (SSSR count). The predicted octanol–water partition coefficient (Wildman–Crippen LogP) is 5.23. The van der Waals surface area contributed by atoms with E-state index in [0.717, 1.165) is 36.3 Å². The summed E-state index contributed by atoms with van der Waals surface area (Å²) in [5, 5.41) is 5.10. The van der Waals surface area contributed by atoms with Crippen molar-refractivity contribution in [1.82, 2.24) is 29.7 Å². The molecule has 0 saturated heterocycles. The van der Waals surface area contributed by atoms with Gasteiger partial charge in [0.15, 0.2) is 23.0 Å². The standard InChI is InChI=1S/C33H26F4N8O3/c1-16(29-40-13-20(35)14-41-29)44-23-6-4-18(11-24(23)48-33(36,37)31(44)47)26-21-15-42-45(32(8-9-32)25-7-5-19(34)12-39-25)30(21)43-22(10-17-2-3-17)27(26)28(38)46/h4-7,11-17H,2-3,8-10H2,1H3,(H2,38,46)/t16-/m1/s1. The highest BCUT2D eigenvalue weighted by molar-refractivity contribution is 6.09. The van der Waals surface area contributed by atoms with E-state index >= 15 is 8.78 Å². The molecule has 244 valence electrons. The Morgan fingerprint density at radius 2 is 1.77 bits per heavy atom. The number of hydrogen-bond acceptors (Lipinski definition) is 8. The second-order valence-electron chi connectivity index (χ2n) is 12.4. The van der Waals surface area contributed by atoms with Gasteiger partial charge in [-0.25, -0.2) is 28.4 Å². The van der Waals surface area contributed by atoms with E-state index in [9.17, 15) is 18.4 Å². The summed E-state index contributed by atoms with van der Waals surface area (Å²) in [6.45, 7) is 1.43. The number of nitrogens with zero attached hydrogens (tertiary/aromatic N) is 7. The van der Waals surface area contributed by atoms with Gasteiger partial charge in [-0.3, -0.25) is 19.5 Å². The predicted molar refractivity (Wildman–Crippen MR) is 162 cm³/mol. The Balaban J connectivity index is 1.31. The van der Waals surface area contributed by atoms with Crippen LogP contribution in [0.3, 0.4) is 0 Å². The zero-order valence-corrected chi connectivity index (χ0v) is 25.3. The topological polar surface area (TPSA) is 142 Å². The van der Waals surface area contributed by atoms with Crippen LogP contribution in [-0.2, 0) is 16.8 Å². The summed E-state index contributed by atoms with van der Waals surface area (Å²) in [5.41, 5.74) is 7.52. The molecule has 1 atom stereocenters. The number of aromatic nitrogens is 6. The van der Waals surface area contributed by atoms with Gasteiger partial charge in [-0.2, -0.15) is 13.9 Å². The summed E-state index contributed by atoms with van der Waals surface area (Å²) in [4.78, 5) is 43.9. The molecule has 0 unspecified atom stereocenters. The number of ether oxygens (including phenoxy) is 1. The molecular formula is C33H26F4N8O3. The minimum atomic E-state index is -4.26. The molecule has 3 aliphatic rings. The van der Waals surface area contributed by atoms with E-state index < -0.39 is 41.1 Å². The maximum Gasteiger partial charge on any atom is 0.483 e. The number of carbonyl (C=O) groups is 2. The van der Waals surface area contributed by atoms with Gasteiger partial charge in [-0.1, -0.05) is 6.07 Å². The molecule has 0 spiro atoms. The third-order valence-corrected chi connectivity index (χ3v) is 9.17. The van der Waals surface area contributed by atoms with E-state index in [0.29, 0.717) is 58.7 Å². The van der Waals surface area contributed by atoms with Crippen molar-refractivity contribution in [2.75, 3.05) is 4.90 Å². The number of alkyl halides is 2. The van der Waals surface area contributed by atoms with Crippen molar-refractivity contribution in [3.63, 3.8) is 0 Å². The molecule has 5 heterocycles. The summed E-state index contributed by atoms with van der Waals surface area (Å²) in [5.74, 6) is -3.72. The average molecular weight is 659 g/mol. The maximum absolute atomic E-state index is 15.2. The number of halogens is 4. The van der Waals surface area contributed by atoms with Gasteiger partial charge >= 0.3 is 12.0 Å². The third-order valence-electron chi connectivity index (χ3n) is 9.17. The first-order chi connectivity index (χ1) is 23.0. The van der Waals surface area contributed by atoms with Gasteiger partial charge < -0.3 is 10.5 Å². The molecule has 11 nitrogen and oxygen atoms in total. The summed E-state index contributed by atoms with van der Waals surface area (Å²) >= 11 is 0. The number of carbonyl (C=O) groups excluding carboxylic acids is 2. The van der Waals surface area contributed by atoms with Crippen LogP contribution >= 0.6 is 0 Å². The number of fused-ring (bicyclic) bond motifs is 2. The Hall–Kier alpha value is -5.47. The highest BCUT2D eigenvalue weighted by atomic mass is 19.3. The number of pyridine rings is 2. The van der Waals surface area contributed by atoms with Crippen molar-refractivity contribution in [3.05, 3.63) is 89.5 Å². The Labute approximate surface area is 269 Å². The number of nitrogens with two attached hydrogens (primary N) is 1. The van der Waals surface area contributed by atoms with Crippen LogP contribution in [0.1, 0.15) is 66.2 Å². The zero-order chi connectivity index (χ0) is 33.5. The van der Waals surface area contributed by atoms with Crippen LogP contribution in [0.5, 0.6) is 5.75 Å². The lowest BCUT2D eigenvalue weighted by molar-refractivity contribution is -0.193. The fourth-order valence-corrected chi connectivity index (χ4v) is 6.48. The van der Waals surface area contributed by atoms with Crippen LogP contribution in [0.25, 0.3) is 22.2 Å². The van der Waals surface area contributed by atoms with Crippen LogP contribution in [0.2, 0.25) is 0 Å². The SMILES string of the molecule is C[C@H](c1ncc(F)cn1)N1C(=O)C(F)(F)Oc2cc(-c3c(C(N)=O)c(CC4CC4)nc4c3cnn4C3(c4ccc(F)cn4)CC3)ccc21. The van der Waals surface area contributed by atoms with Crippen LogP contribution < -0.4 is 15.4 Å². The highest BCUT2D eigenvalue weighted by Gasteiger charge is 2.53. The minimum Gasteiger partial charge on any atom is -0.423 e. The van der Waals surface area contributed by atoms with Crippen molar-refractivity contribution in [2.45, 2.75) is 56.7 Å². The van der Waals surface area contributed by atoms with E-state index in [1.807, 2.05) is 0 Å². The van der Waals surface area contributed by atoms with E-state index in [2.05, 4.69) is 20.1 Å². The van der Waals surface area contributed by atoms with Crippen LogP contribution in [0.4, 0.5) is 23.2 Å². The zero-order valence-electron chi connectivity index (χ0n) is 25.3. The van der Waals surface area contributed by atoms with Crippen LogP contribution in [-0.4, -0.2) is 47.6 Å². The van der Waals surface area contributed by atoms with Gasteiger partial charge in [-0.15, -0.1) is 0 Å². The average Bonchev–Trinajstić information content (AvgIpc) is 3.99. The Morgan fingerprint density at radius 3 is 2.42 bits per heavy atom. The van der Waals surface area contributed by atoms with E-state index in [4.69, 9.17) is 15.5 Å². The van der Waals surface area contributed by atoms with E-state index in [1.54, 1.807) is 16.8 Å². The monoisotopic (exact) mass is 658 g/mol. The maximum atomic E-state index is 15.2. The van der Waals surface area contributed by atoms with Crippen molar-refractivity contribution < 1.29 is 31.9 Å². The summed E-state index contributed by atoms with van der Waals surface area (Å²) in [7, 11) is 0. The third kappa shape index (κ3) is 4.75. The van der Waals surface area contributed by atoms with Gasteiger partial charge in [0.05, 0.1) is 53.5 Å². The fraction of sp³-hybridized carbons (Fsp3) is 0.303. The lowest BCUT2D eigenvalue weighted by Gasteiger charge is -2.36. The van der Waals surface area contributed by atoms with Gasteiger partial charge in [0.1, 0.15) is 11.4 Å². The number of primary amides is 1. The van der Waals surface area contributed by atoms with E-state index in [1.165, 1.54) is 31.3 Å². The van der Waals surface area contributed by atoms with Gasteiger partial charge in [0.2, 0.25) is 0 Å². The number of anilines is 1. The van der Waals surface area contributed by atoms with Gasteiger partial charge in [-0.05, 0) is 74.8 Å². The smallest absolute Gasteiger partial charge is 0.423 e. The Morgan fingerprint density at radius 1 is 1.04 bits per heavy atom. The quantitative estimate of drug-likeness (QED) is 0.224. The van der Waals surface area contributed by atoms with Crippen molar-refractivity contribution in [3.8, 4) is 16.9 Å². The lowest BCUT2D eigenvalue weighted by Crippen LogP contribution is -2.51. The first-order valence-electron chi connectivity index (χ1n) is 15.3. The first kappa shape index (κ1) is 29.9. The van der Waals surface area contributed by atoms with Gasteiger partial charge in [0, 0.05) is 10.9 Å². The number of amides is 2. The molecule has 0 radical (unpaired) electrons. The molecule has 0 bridgehead atoms. The second kappa shape index (κ2) is 10.5. The number of hydrogen-bond donors (Lipinski definition) is 1. The fourth-order valence-electron chi connectivity index (χ4n) is 6.48. The first-order valence-corrected chi connectivity index (χ1v) is 15.3. The van der Waals surface area contributed by atoms with Crippen molar-refractivity contribution >= 4 is 28.5 Å². The molecule has 2 fully saturated rings. The summed E-state index contributed by atoms with van der Waals surface area (Å²) in [6, 6.07) is 6.12. The van der Waals surface area contributed by atoms with Crippen molar-refractivity contribution in [2.24, 2.45) is 11.7 Å². The summed E-state index contributed by atoms with van der Waals surface area (Å²) in [6.07, 6.45) is 3.87. The van der Waals surface area contributed by atoms with Crippen molar-refractivity contribution in [1.29, 1.82) is 0 Å². The molecule has 2 N–H and O–H groups in total. The molecule has 1 aromatic carbocycles. The van der Waals surface area contributed by atoms with Crippen LogP contribution in [0, 0.1) is 17.6 Å². The van der Waals surface area contributed by atoms with E-state index in [-0.39, 0.29) is 22.8 Å². The largest absolute Gasteiger partial charge is 0.483 e. The lowest BCUT2D eigenvalue weighted by atomic mass is 9.93. The molecule has 2 saturated carbocycles. The molecular weight excluding hydrogens is 632 g/mol. The normalized spacial score (nSPS) is 18.4. The van der Waals surface area contributed by atoms with Crippen LogP contribution in [0.15, 0.2) is 55.1 Å². The number of benzene rings is 1. The summed E-state index contributed by atoms with van der Waals surface area (Å²) < 4.78 is 64.3. The highest BCUT2D eigenvalue weighted by Crippen LogP contribution is 2.51. The molecule has 2 aliphatic carbocycles. The minimum absolute atomic E-state index is 0.00533.